The highest BCUT2D eigenvalue weighted by atomic mass is 16.2. The Morgan fingerprint density at radius 3 is 2.62 bits per heavy atom. The van der Waals surface area contributed by atoms with Crippen molar-refractivity contribution in [2.75, 3.05) is 13.1 Å². The molecule has 2 fully saturated rings. The van der Waals surface area contributed by atoms with E-state index in [4.69, 9.17) is 0 Å². The van der Waals surface area contributed by atoms with Gasteiger partial charge in [-0.05, 0) is 42.6 Å². The van der Waals surface area contributed by atoms with Gasteiger partial charge in [-0.25, -0.2) is 14.3 Å². The summed E-state index contributed by atoms with van der Waals surface area (Å²) in [5, 5.41) is 7.28. The topological polar surface area (TPSA) is 75.4 Å². The second kappa shape index (κ2) is 5.29. The molecule has 3 heterocycles. The van der Waals surface area contributed by atoms with Crippen LogP contribution in [0.25, 0.3) is 5.78 Å². The molecular weight excluding hydrogens is 304 g/mol. The van der Waals surface area contributed by atoms with Crippen LogP contribution in [-0.2, 0) is 6.54 Å². The van der Waals surface area contributed by atoms with Crippen molar-refractivity contribution in [1.82, 2.24) is 29.8 Å². The molecule has 4 aliphatic rings. The molecule has 2 bridgehead atoms. The number of aromatic nitrogens is 4. The molecule has 2 aromatic rings. The molecule has 4 atom stereocenters. The van der Waals surface area contributed by atoms with E-state index in [0.29, 0.717) is 41.8 Å². The monoisotopic (exact) mass is 324 g/mol. The minimum absolute atomic E-state index is 0.00406. The average molecular weight is 324 g/mol. The van der Waals surface area contributed by atoms with Gasteiger partial charge in [-0.15, -0.1) is 5.10 Å². The van der Waals surface area contributed by atoms with Gasteiger partial charge in [-0.2, -0.15) is 4.98 Å². The molecular formula is C17H20N6O. The van der Waals surface area contributed by atoms with Crippen LogP contribution in [0.1, 0.15) is 18.7 Å². The van der Waals surface area contributed by atoms with Gasteiger partial charge >= 0.3 is 6.03 Å². The van der Waals surface area contributed by atoms with E-state index >= 15 is 0 Å². The first-order chi connectivity index (χ1) is 11.8. The number of nitrogens with one attached hydrogen (secondary N) is 1. The molecule has 2 amide bonds. The van der Waals surface area contributed by atoms with Gasteiger partial charge in [0.1, 0.15) is 0 Å². The molecule has 7 nitrogen and oxygen atoms in total. The van der Waals surface area contributed by atoms with Crippen LogP contribution in [0, 0.1) is 23.7 Å². The van der Waals surface area contributed by atoms with Gasteiger partial charge in [-0.1, -0.05) is 12.2 Å². The summed E-state index contributed by atoms with van der Waals surface area (Å²) in [6, 6.07) is 1.80. The first-order valence-electron chi connectivity index (χ1n) is 8.65. The van der Waals surface area contributed by atoms with Crippen LogP contribution in [-0.4, -0.2) is 43.6 Å². The molecule has 124 valence electrons. The van der Waals surface area contributed by atoms with Crippen molar-refractivity contribution in [2.45, 2.75) is 19.4 Å². The zero-order chi connectivity index (χ0) is 16.1. The smallest absolute Gasteiger partial charge is 0.317 e. The quantitative estimate of drug-likeness (QED) is 0.849. The highest BCUT2D eigenvalue weighted by molar-refractivity contribution is 5.74. The number of likely N-dealkylation sites (tertiary alicyclic amines) is 1. The van der Waals surface area contributed by atoms with Crippen molar-refractivity contribution in [2.24, 2.45) is 23.7 Å². The zero-order valence-electron chi connectivity index (χ0n) is 13.4. The van der Waals surface area contributed by atoms with E-state index in [2.05, 4.69) is 32.5 Å². The van der Waals surface area contributed by atoms with E-state index in [1.807, 2.05) is 4.90 Å². The predicted molar refractivity (Wildman–Crippen MR) is 86.9 cm³/mol. The number of fused-ring (bicyclic) bond motifs is 2. The summed E-state index contributed by atoms with van der Waals surface area (Å²) < 4.78 is 1.62. The molecule has 0 aromatic carbocycles. The van der Waals surface area contributed by atoms with Crippen LogP contribution in [0.2, 0.25) is 0 Å². The molecule has 7 heteroatoms. The van der Waals surface area contributed by atoms with Gasteiger partial charge in [0, 0.05) is 25.5 Å². The number of carbonyl (C=O) groups excluding carboxylic acids is 1. The van der Waals surface area contributed by atoms with Crippen molar-refractivity contribution < 1.29 is 4.79 Å². The molecule has 3 aliphatic carbocycles. The van der Waals surface area contributed by atoms with E-state index < -0.39 is 0 Å². The maximum atomic E-state index is 12.5. The van der Waals surface area contributed by atoms with Crippen molar-refractivity contribution in [1.29, 1.82) is 0 Å². The Morgan fingerprint density at radius 1 is 1.21 bits per heavy atom. The summed E-state index contributed by atoms with van der Waals surface area (Å²) in [6.07, 6.45) is 10.8. The summed E-state index contributed by atoms with van der Waals surface area (Å²) >= 11 is 0. The van der Waals surface area contributed by atoms with Crippen LogP contribution >= 0.6 is 0 Å². The lowest BCUT2D eigenvalue weighted by molar-refractivity contribution is 0.169. The van der Waals surface area contributed by atoms with Crippen LogP contribution in [0.15, 0.2) is 30.6 Å². The zero-order valence-corrected chi connectivity index (χ0v) is 13.4. The third-order valence-corrected chi connectivity index (χ3v) is 5.80. The van der Waals surface area contributed by atoms with E-state index in [1.165, 1.54) is 12.8 Å². The van der Waals surface area contributed by atoms with E-state index in [9.17, 15) is 4.79 Å². The van der Waals surface area contributed by atoms with Gasteiger partial charge < -0.3 is 10.2 Å². The Morgan fingerprint density at radius 2 is 1.96 bits per heavy atom. The minimum Gasteiger partial charge on any atom is -0.331 e. The van der Waals surface area contributed by atoms with Crippen molar-refractivity contribution in [3.8, 4) is 0 Å². The fraction of sp³-hybridized carbons (Fsp3) is 0.529. The SMILES string of the molecule is O=C(NCc1nc2ncccn2n1)N1CC2C3C=CC(CC3)C2C1. The van der Waals surface area contributed by atoms with E-state index in [1.54, 1.807) is 23.0 Å². The molecule has 1 saturated heterocycles. The molecule has 24 heavy (non-hydrogen) atoms. The number of hydrogen-bond donors (Lipinski definition) is 1. The third-order valence-electron chi connectivity index (χ3n) is 5.80. The Kier molecular flexibility index (Phi) is 3.08. The first-order valence-corrected chi connectivity index (χ1v) is 8.65. The normalized spacial score (nSPS) is 30.8. The Bertz CT molecular complexity index is 759. The van der Waals surface area contributed by atoms with Gasteiger partial charge in [-0.3, -0.25) is 0 Å². The van der Waals surface area contributed by atoms with Gasteiger partial charge in [0.2, 0.25) is 0 Å². The predicted octanol–water partition coefficient (Wildman–Crippen LogP) is 1.48. The second-order valence-electron chi connectivity index (χ2n) is 7.07. The Labute approximate surface area is 139 Å². The Balaban J connectivity index is 1.23. The van der Waals surface area contributed by atoms with Crippen LogP contribution < -0.4 is 5.32 Å². The van der Waals surface area contributed by atoms with Crippen molar-refractivity contribution in [3.63, 3.8) is 0 Å². The first kappa shape index (κ1) is 13.9. The second-order valence-corrected chi connectivity index (χ2v) is 7.07. The number of rotatable bonds is 2. The van der Waals surface area contributed by atoms with Crippen molar-refractivity contribution >= 4 is 11.8 Å². The van der Waals surface area contributed by atoms with E-state index in [-0.39, 0.29) is 6.03 Å². The number of urea groups is 1. The highest BCUT2D eigenvalue weighted by Crippen LogP contribution is 2.48. The lowest BCUT2D eigenvalue weighted by Crippen LogP contribution is -2.38. The third kappa shape index (κ3) is 2.18. The summed E-state index contributed by atoms with van der Waals surface area (Å²) in [5.74, 6) is 3.78. The van der Waals surface area contributed by atoms with Crippen molar-refractivity contribution in [3.05, 3.63) is 36.4 Å². The van der Waals surface area contributed by atoms with Gasteiger partial charge in [0.05, 0.1) is 6.54 Å². The van der Waals surface area contributed by atoms with Crippen LogP contribution in [0.4, 0.5) is 4.79 Å². The fourth-order valence-corrected chi connectivity index (χ4v) is 4.62. The summed E-state index contributed by atoms with van der Waals surface area (Å²) in [4.78, 5) is 23.0. The molecule has 6 rings (SSSR count). The molecule has 1 saturated carbocycles. The summed E-state index contributed by atoms with van der Waals surface area (Å²) in [5.41, 5.74) is 0. The lowest BCUT2D eigenvalue weighted by atomic mass is 9.64. The van der Waals surface area contributed by atoms with Crippen LogP contribution in [0.5, 0.6) is 0 Å². The lowest BCUT2D eigenvalue weighted by Gasteiger charge is -2.40. The maximum absolute atomic E-state index is 12.5. The van der Waals surface area contributed by atoms with E-state index in [0.717, 1.165) is 13.1 Å². The fourth-order valence-electron chi connectivity index (χ4n) is 4.62. The molecule has 2 aromatic heterocycles. The van der Waals surface area contributed by atoms with Crippen LogP contribution in [0.3, 0.4) is 0 Å². The maximum Gasteiger partial charge on any atom is 0.317 e. The number of allylic oxidation sites excluding steroid dienone is 2. The molecule has 0 spiro atoms. The molecule has 1 aliphatic heterocycles. The molecule has 0 radical (unpaired) electrons. The standard InChI is InChI=1S/C17H20N6O/c24-17(19-8-15-20-16-18-6-1-7-23(16)21-15)22-9-13-11-2-3-12(5-4-11)14(13)10-22/h1-3,6-7,11-14H,4-5,8-10H2,(H,19,24). The summed E-state index contributed by atoms with van der Waals surface area (Å²) in [7, 11) is 0. The number of nitrogens with zero attached hydrogens (tertiary/aromatic N) is 5. The molecule has 4 unspecified atom stereocenters. The minimum atomic E-state index is -0.00406. The number of amides is 2. The Hall–Kier alpha value is -2.44. The average Bonchev–Trinajstić information content (AvgIpc) is 3.25. The number of carbonyl (C=O) groups is 1. The summed E-state index contributed by atoms with van der Waals surface area (Å²) in [6.45, 7) is 2.09. The largest absolute Gasteiger partial charge is 0.331 e. The molecule has 1 N–H and O–H groups in total. The highest BCUT2D eigenvalue weighted by Gasteiger charge is 2.46. The van der Waals surface area contributed by atoms with Gasteiger partial charge in [0.25, 0.3) is 5.78 Å². The van der Waals surface area contributed by atoms with Gasteiger partial charge in [0.15, 0.2) is 5.82 Å². The number of hydrogen-bond acceptors (Lipinski definition) is 4.